The molecule has 1 atom stereocenters. The van der Waals surface area contributed by atoms with Crippen LogP contribution in [0.15, 0.2) is 0 Å². The van der Waals surface area contributed by atoms with Crippen LogP contribution in [0, 0.1) is 5.92 Å². The van der Waals surface area contributed by atoms with E-state index in [1.165, 1.54) is 0 Å². The molecule has 0 saturated carbocycles. The van der Waals surface area contributed by atoms with Gasteiger partial charge in [0.25, 0.3) is 0 Å². The van der Waals surface area contributed by atoms with Crippen LogP contribution in [0.3, 0.4) is 0 Å². The average molecular weight is 244 g/mol. The number of aliphatic hydroxyl groups is 1. The number of urea groups is 1. The molecule has 2 amide bonds. The molecule has 0 heterocycles. The molecule has 17 heavy (non-hydrogen) atoms. The van der Waals surface area contributed by atoms with Crippen LogP contribution in [-0.4, -0.2) is 29.8 Å². The first-order valence-electron chi connectivity index (χ1n) is 6.81. The number of carbonyl (C=O) groups is 1. The Hall–Kier alpha value is -0.770. The lowest BCUT2D eigenvalue weighted by Gasteiger charge is -2.21. The third kappa shape index (κ3) is 6.51. The lowest BCUT2D eigenvalue weighted by molar-refractivity contribution is 0.103. The molecule has 0 fully saturated rings. The van der Waals surface area contributed by atoms with Gasteiger partial charge < -0.3 is 15.7 Å². The first-order chi connectivity index (χ1) is 8.08. The van der Waals surface area contributed by atoms with E-state index in [2.05, 4.69) is 24.5 Å². The Bertz CT molecular complexity index is 202. The molecular weight excluding hydrogens is 216 g/mol. The highest BCUT2D eigenvalue weighted by Crippen LogP contribution is 2.12. The summed E-state index contributed by atoms with van der Waals surface area (Å²) in [6, 6.07) is 0.0454. The summed E-state index contributed by atoms with van der Waals surface area (Å²) in [6.07, 6.45) is 3.29. The van der Waals surface area contributed by atoms with Gasteiger partial charge >= 0.3 is 6.03 Å². The normalized spacial score (nSPS) is 12.9. The largest absolute Gasteiger partial charge is 0.391 e. The molecule has 0 aromatic heterocycles. The van der Waals surface area contributed by atoms with E-state index in [1.54, 1.807) is 0 Å². The SMILES string of the molecule is CCC(CC)NC(=O)NCC(O)C(CC)CC. The van der Waals surface area contributed by atoms with Gasteiger partial charge in [0.2, 0.25) is 0 Å². The Balaban J connectivity index is 3.90. The van der Waals surface area contributed by atoms with Crippen LogP contribution >= 0.6 is 0 Å². The minimum atomic E-state index is -0.447. The van der Waals surface area contributed by atoms with Gasteiger partial charge in [-0.25, -0.2) is 4.79 Å². The summed E-state index contributed by atoms with van der Waals surface area (Å²) in [5.74, 6) is 0.267. The summed E-state index contributed by atoms with van der Waals surface area (Å²) >= 11 is 0. The maximum atomic E-state index is 11.5. The maximum absolute atomic E-state index is 11.5. The van der Waals surface area contributed by atoms with Crippen molar-refractivity contribution in [1.82, 2.24) is 10.6 Å². The van der Waals surface area contributed by atoms with Crippen LogP contribution < -0.4 is 10.6 Å². The average Bonchev–Trinajstić information content (AvgIpc) is 2.34. The molecule has 0 aliphatic heterocycles. The predicted octanol–water partition coefficient (Wildman–Crippen LogP) is 2.27. The zero-order valence-corrected chi connectivity index (χ0v) is 11.6. The van der Waals surface area contributed by atoms with Gasteiger partial charge in [0.05, 0.1) is 6.10 Å². The fourth-order valence-electron chi connectivity index (χ4n) is 1.93. The molecule has 0 bridgehead atoms. The zero-order chi connectivity index (χ0) is 13.3. The molecule has 0 rings (SSSR count). The Labute approximate surface area is 105 Å². The smallest absolute Gasteiger partial charge is 0.315 e. The molecule has 0 aromatic carbocycles. The first-order valence-corrected chi connectivity index (χ1v) is 6.81. The fourth-order valence-corrected chi connectivity index (χ4v) is 1.93. The van der Waals surface area contributed by atoms with E-state index in [0.29, 0.717) is 6.54 Å². The lowest BCUT2D eigenvalue weighted by atomic mass is 9.97. The monoisotopic (exact) mass is 244 g/mol. The molecular formula is C13H28N2O2. The molecule has 0 spiro atoms. The predicted molar refractivity (Wildman–Crippen MR) is 71.0 cm³/mol. The Morgan fingerprint density at radius 2 is 1.59 bits per heavy atom. The summed E-state index contributed by atoms with van der Waals surface area (Å²) in [7, 11) is 0. The highest BCUT2D eigenvalue weighted by molar-refractivity contribution is 5.74. The second-order valence-electron chi connectivity index (χ2n) is 4.51. The summed E-state index contributed by atoms with van der Waals surface area (Å²) < 4.78 is 0. The van der Waals surface area contributed by atoms with Gasteiger partial charge in [-0.2, -0.15) is 0 Å². The molecule has 3 N–H and O–H groups in total. The summed E-state index contributed by atoms with van der Waals surface area (Å²) in [5.41, 5.74) is 0. The van der Waals surface area contributed by atoms with Crippen molar-refractivity contribution in [1.29, 1.82) is 0 Å². The van der Waals surface area contributed by atoms with Crippen LogP contribution in [0.1, 0.15) is 53.4 Å². The van der Waals surface area contributed by atoms with Gasteiger partial charge in [-0.15, -0.1) is 0 Å². The zero-order valence-electron chi connectivity index (χ0n) is 11.6. The van der Waals surface area contributed by atoms with Crippen LogP contribution in [0.5, 0.6) is 0 Å². The molecule has 1 unspecified atom stereocenters. The number of hydrogen-bond donors (Lipinski definition) is 3. The Kier molecular flexibility index (Phi) is 8.86. The number of nitrogens with one attached hydrogen (secondary N) is 2. The van der Waals surface area contributed by atoms with Crippen molar-refractivity contribution in [2.75, 3.05) is 6.54 Å². The standard InChI is InChI=1S/C13H28N2O2/c1-5-10(6-2)12(16)9-14-13(17)15-11(7-3)8-4/h10-12,16H,5-9H2,1-4H3,(H2,14,15,17). The van der Waals surface area contributed by atoms with E-state index in [0.717, 1.165) is 25.7 Å². The van der Waals surface area contributed by atoms with Crippen LogP contribution in [0.2, 0.25) is 0 Å². The van der Waals surface area contributed by atoms with Crippen LogP contribution in [-0.2, 0) is 0 Å². The van der Waals surface area contributed by atoms with Gasteiger partial charge in [-0.05, 0) is 18.8 Å². The molecule has 0 radical (unpaired) electrons. The van der Waals surface area contributed by atoms with Crippen molar-refractivity contribution in [2.24, 2.45) is 5.92 Å². The van der Waals surface area contributed by atoms with Gasteiger partial charge in [0.1, 0.15) is 0 Å². The van der Waals surface area contributed by atoms with Gasteiger partial charge in [0.15, 0.2) is 0 Å². The molecule has 4 heteroatoms. The van der Waals surface area contributed by atoms with Crippen molar-refractivity contribution < 1.29 is 9.90 Å². The number of carbonyl (C=O) groups excluding carboxylic acids is 1. The Morgan fingerprint density at radius 3 is 2.00 bits per heavy atom. The number of aliphatic hydroxyl groups excluding tert-OH is 1. The molecule has 0 saturated heterocycles. The number of rotatable bonds is 8. The van der Waals surface area contributed by atoms with E-state index < -0.39 is 6.10 Å². The second kappa shape index (κ2) is 9.28. The summed E-state index contributed by atoms with van der Waals surface area (Å²) in [5, 5.41) is 15.5. The van der Waals surface area contributed by atoms with Crippen LogP contribution in [0.4, 0.5) is 4.79 Å². The van der Waals surface area contributed by atoms with E-state index in [1.807, 2.05) is 13.8 Å². The third-order valence-corrected chi connectivity index (χ3v) is 3.39. The van der Waals surface area contributed by atoms with Crippen molar-refractivity contribution in [2.45, 2.75) is 65.5 Å². The van der Waals surface area contributed by atoms with Gasteiger partial charge in [0, 0.05) is 12.6 Å². The van der Waals surface area contributed by atoms with E-state index >= 15 is 0 Å². The summed E-state index contributed by atoms with van der Waals surface area (Å²) in [4.78, 5) is 11.5. The van der Waals surface area contributed by atoms with E-state index in [-0.39, 0.29) is 18.0 Å². The molecule has 102 valence electrons. The third-order valence-electron chi connectivity index (χ3n) is 3.39. The molecule has 4 nitrogen and oxygen atoms in total. The highest BCUT2D eigenvalue weighted by Gasteiger charge is 2.16. The van der Waals surface area contributed by atoms with Gasteiger partial charge in [-0.1, -0.05) is 40.5 Å². The van der Waals surface area contributed by atoms with E-state index in [9.17, 15) is 9.90 Å². The van der Waals surface area contributed by atoms with Crippen molar-refractivity contribution in [3.63, 3.8) is 0 Å². The summed E-state index contributed by atoms with van der Waals surface area (Å²) in [6.45, 7) is 8.54. The molecule has 0 aliphatic rings. The lowest BCUT2D eigenvalue weighted by Crippen LogP contribution is -2.45. The van der Waals surface area contributed by atoms with Gasteiger partial charge in [-0.3, -0.25) is 0 Å². The van der Waals surface area contributed by atoms with E-state index in [4.69, 9.17) is 0 Å². The van der Waals surface area contributed by atoms with Crippen molar-refractivity contribution in [3.05, 3.63) is 0 Å². The minimum absolute atomic E-state index is 0.177. The fraction of sp³-hybridized carbons (Fsp3) is 0.923. The maximum Gasteiger partial charge on any atom is 0.315 e. The molecule has 0 aromatic rings. The number of hydrogen-bond acceptors (Lipinski definition) is 2. The minimum Gasteiger partial charge on any atom is -0.391 e. The van der Waals surface area contributed by atoms with Crippen molar-refractivity contribution >= 4 is 6.03 Å². The Morgan fingerprint density at radius 1 is 1.06 bits per heavy atom. The van der Waals surface area contributed by atoms with Crippen LogP contribution in [0.25, 0.3) is 0 Å². The second-order valence-corrected chi connectivity index (χ2v) is 4.51. The quantitative estimate of drug-likeness (QED) is 0.613. The number of amides is 2. The highest BCUT2D eigenvalue weighted by atomic mass is 16.3. The molecule has 0 aliphatic carbocycles. The first kappa shape index (κ1) is 16.2. The topological polar surface area (TPSA) is 61.4 Å². The van der Waals surface area contributed by atoms with Crippen molar-refractivity contribution in [3.8, 4) is 0 Å².